The van der Waals surface area contributed by atoms with Crippen molar-refractivity contribution in [1.29, 1.82) is 0 Å². The van der Waals surface area contributed by atoms with Gasteiger partial charge in [-0.3, -0.25) is 4.79 Å². The van der Waals surface area contributed by atoms with E-state index >= 15 is 0 Å². The number of benzene rings is 3. The molecule has 0 unspecified atom stereocenters. The zero-order valence-electron chi connectivity index (χ0n) is 18.1. The van der Waals surface area contributed by atoms with Crippen LogP contribution in [0.5, 0.6) is 5.75 Å². The van der Waals surface area contributed by atoms with Gasteiger partial charge in [0.2, 0.25) is 0 Å². The number of ether oxygens (including phenoxy) is 1. The Morgan fingerprint density at radius 2 is 1.73 bits per heavy atom. The Kier molecular flexibility index (Phi) is 7.58. The van der Waals surface area contributed by atoms with Gasteiger partial charge >= 0.3 is 0 Å². The van der Waals surface area contributed by atoms with Crippen molar-refractivity contribution < 1.29 is 9.53 Å². The van der Waals surface area contributed by atoms with Gasteiger partial charge < -0.3 is 10.1 Å². The molecule has 0 spiro atoms. The molecule has 30 heavy (non-hydrogen) atoms. The molecule has 4 heteroatoms. The Bertz CT molecular complexity index is 1000. The molecule has 0 fully saturated rings. The van der Waals surface area contributed by atoms with Crippen LogP contribution in [0.15, 0.2) is 71.6 Å². The minimum Gasteiger partial charge on any atom is -0.480 e. The number of nitrogens with one attached hydrogen (secondary N) is 1. The molecule has 0 aliphatic rings. The van der Waals surface area contributed by atoms with Gasteiger partial charge in [0.25, 0.3) is 5.91 Å². The smallest absolute Gasteiger partial charge is 0.265 e. The lowest BCUT2D eigenvalue weighted by Gasteiger charge is -2.20. The molecule has 0 saturated carbocycles. The molecule has 0 aliphatic carbocycles. The van der Waals surface area contributed by atoms with Gasteiger partial charge in [-0.2, -0.15) is 0 Å². The maximum atomic E-state index is 12.9. The number of rotatable bonds is 8. The largest absolute Gasteiger partial charge is 0.480 e. The molecular formula is C26H29NO2S. The molecule has 3 nitrogen and oxygen atoms in total. The average Bonchev–Trinajstić information content (AvgIpc) is 2.75. The number of anilines is 1. The highest BCUT2D eigenvalue weighted by atomic mass is 32.2. The molecule has 1 amide bonds. The van der Waals surface area contributed by atoms with Crippen LogP contribution in [0, 0.1) is 20.8 Å². The summed E-state index contributed by atoms with van der Waals surface area (Å²) in [6, 6.07) is 22.6. The number of carbonyl (C=O) groups is 1. The third-order valence-corrected chi connectivity index (χ3v) is 6.06. The van der Waals surface area contributed by atoms with Crippen molar-refractivity contribution in [2.75, 3.05) is 5.32 Å². The second-order valence-electron chi connectivity index (χ2n) is 7.52. The summed E-state index contributed by atoms with van der Waals surface area (Å²) in [5.74, 6) is 1.54. The summed E-state index contributed by atoms with van der Waals surface area (Å²) in [5.41, 5.74) is 5.26. The van der Waals surface area contributed by atoms with Gasteiger partial charge in [-0.15, -0.1) is 11.8 Å². The number of aryl methyl sites for hydroxylation is 3. The first-order valence-electron chi connectivity index (χ1n) is 10.3. The molecule has 0 radical (unpaired) electrons. The van der Waals surface area contributed by atoms with E-state index in [-0.39, 0.29) is 5.91 Å². The summed E-state index contributed by atoms with van der Waals surface area (Å²) in [6.45, 7) is 8.01. The Morgan fingerprint density at radius 1 is 0.967 bits per heavy atom. The van der Waals surface area contributed by atoms with Gasteiger partial charge in [-0.25, -0.2) is 0 Å². The summed E-state index contributed by atoms with van der Waals surface area (Å²) >= 11 is 1.81. The Hall–Kier alpha value is -2.72. The quantitative estimate of drug-likeness (QED) is 0.413. The number of hydrogen-bond acceptors (Lipinski definition) is 3. The van der Waals surface area contributed by atoms with Gasteiger partial charge in [0.1, 0.15) is 5.75 Å². The van der Waals surface area contributed by atoms with Crippen LogP contribution in [0.2, 0.25) is 0 Å². The molecule has 3 aromatic rings. The van der Waals surface area contributed by atoms with E-state index in [4.69, 9.17) is 4.74 Å². The fraction of sp³-hybridized carbons (Fsp3) is 0.269. The predicted octanol–water partition coefficient (Wildman–Crippen LogP) is 6.70. The van der Waals surface area contributed by atoms with Crippen molar-refractivity contribution in [3.8, 4) is 5.75 Å². The molecule has 1 atom stereocenters. The topological polar surface area (TPSA) is 38.3 Å². The highest BCUT2D eigenvalue weighted by Crippen LogP contribution is 2.26. The minimum atomic E-state index is -0.529. The summed E-state index contributed by atoms with van der Waals surface area (Å²) in [6.07, 6.45) is 0.0718. The summed E-state index contributed by atoms with van der Waals surface area (Å²) in [4.78, 5) is 14.1. The second kappa shape index (κ2) is 10.4. The lowest BCUT2D eigenvalue weighted by atomic mass is 10.1. The van der Waals surface area contributed by atoms with E-state index in [9.17, 15) is 4.79 Å². The van der Waals surface area contributed by atoms with E-state index in [0.717, 1.165) is 33.9 Å². The van der Waals surface area contributed by atoms with E-state index in [2.05, 4.69) is 41.7 Å². The summed E-state index contributed by atoms with van der Waals surface area (Å²) < 4.78 is 6.05. The molecule has 0 aromatic heterocycles. The van der Waals surface area contributed by atoms with Crippen LogP contribution in [0.25, 0.3) is 0 Å². The first kappa shape index (κ1) is 22.0. The zero-order valence-corrected chi connectivity index (χ0v) is 18.9. The fourth-order valence-electron chi connectivity index (χ4n) is 3.16. The lowest BCUT2D eigenvalue weighted by Crippen LogP contribution is -2.32. The van der Waals surface area contributed by atoms with E-state index in [1.54, 1.807) is 11.8 Å². The van der Waals surface area contributed by atoms with Crippen LogP contribution in [0.3, 0.4) is 0 Å². The van der Waals surface area contributed by atoms with Crippen molar-refractivity contribution in [1.82, 2.24) is 0 Å². The van der Waals surface area contributed by atoms with Crippen LogP contribution in [-0.4, -0.2) is 12.0 Å². The molecule has 3 aromatic carbocycles. The van der Waals surface area contributed by atoms with E-state index < -0.39 is 6.10 Å². The molecule has 156 valence electrons. The third kappa shape index (κ3) is 5.90. The normalized spacial score (nSPS) is 11.7. The molecular weight excluding hydrogens is 390 g/mol. The fourth-order valence-corrected chi connectivity index (χ4v) is 4.02. The van der Waals surface area contributed by atoms with Gasteiger partial charge in [0.05, 0.1) is 0 Å². The van der Waals surface area contributed by atoms with Crippen LogP contribution in [0.4, 0.5) is 5.69 Å². The number of amides is 1. The number of hydrogen-bond donors (Lipinski definition) is 1. The van der Waals surface area contributed by atoms with Crippen LogP contribution >= 0.6 is 11.8 Å². The monoisotopic (exact) mass is 419 g/mol. The Morgan fingerprint density at radius 3 is 2.43 bits per heavy atom. The first-order chi connectivity index (χ1) is 14.5. The van der Waals surface area contributed by atoms with E-state index in [1.807, 2.05) is 58.0 Å². The third-order valence-electron chi connectivity index (χ3n) is 4.97. The Balaban J connectivity index is 1.64. The van der Waals surface area contributed by atoms with Crippen molar-refractivity contribution >= 4 is 23.4 Å². The van der Waals surface area contributed by atoms with Crippen LogP contribution < -0.4 is 10.1 Å². The minimum absolute atomic E-state index is 0.118. The summed E-state index contributed by atoms with van der Waals surface area (Å²) in [5, 5.41) is 3.05. The van der Waals surface area contributed by atoms with E-state index in [1.165, 1.54) is 10.5 Å². The lowest BCUT2D eigenvalue weighted by molar-refractivity contribution is -0.122. The maximum Gasteiger partial charge on any atom is 0.265 e. The average molecular weight is 420 g/mol. The molecule has 0 aliphatic heterocycles. The molecule has 3 rings (SSSR count). The molecule has 0 bridgehead atoms. The highest BCUT2D eigenvalue weighted by Gasteiger charge is 2.20. The van der Waals surface area contributed by atoms with Crippen molar-refractivity contribution in [2.24, 2.45) is 0 Å². The zero-order chi connectivity index (χ0) is 21.5. The maximum absolute atomic E-state index is 12.9. The molecule has 0 heterocycles. The molecule has 1 N–H and O–H groups in total. The molecule has 0 saturated heterocycles. The summed E-state index contributed by atoms with van der Waals surface area (Å²) in [7, 11) is 0. The SMILES string of the molecule is CC[C@H](Oc1cc(C)ccc1C)C(=O)Nc1ccc(CSc2ccccc2)cc1C. The first-order valence-corrected chi connectivity index (χ1v) is 11.3. The standard InChI is InChI=1S/C26H29NO2S/c1-5-24(29-25-15-18(2)11-12-19(25)3)26(28)27-23-14-13-21(16-20(23)4)17-30-22-9-7-6-8-10-22/h6-16,24H,5,17H2,1-4H3,(H,27,28)/t24-/m0/s1. The van der Waals surface area contributed by atoms with Crippen molar-refractivity contribution in [2.45, 2.75) is 50.9 Å². The van der Waals surface area contributed by atoms with Crippen molar-refractivity contribution in [3.63, 3.8) is 0 Å². The Labute approximate surface area is 183 Å². The van der Waals surface area contributed by atoms with Crippen LogP contribution in [-0.2, 0) is 10.5 Å². The van der Waals surface area contributed by atoms with Crippen molar-refractivity contribution in [3.05, 3.63) is 89.0 Å². The number of thioether (sulfide) groups is 1. The predicted molar refractivity (Wildman–Crippen MR) is 126 cm³/mol. The van der Waals surface area contributed by atoms with Gasteiger partial charge in [-0.05, 0) is 73.7 Å². The highest BCUT2D eigenvalue weighted by molar-refractivity contribution is 7.98. The van der Waals surface area contributed by atoms with Gasteiger partial charge in [0.15, 0.2) is 6.10 Å². The van der Waals surface area contributed by atoms with Gasteiger partial charge in [0, 0.05) is 16.3 Å². The second-order valence-corrected chi connectivity index (χ2v) is 8.57. The van der Waals surface area contributed by atoms with Crippen LogP contribution in [0.1, 0.15) is 35.6 Å². The van der Waals surface area contributed by atoms with E-state index in [0.29, 0.717) is 6.42 Å². The number of carbonyl (C=O) groups excluding carboxylic acids is 1. The van der Waals surface area contributed by atoms with Gasteiger partial charge in [-0.1, -0.05) is 49.4 Å².